The lowest BCUT2D eigenvalue weighted by molar-refractivity contribution is -0.120. The number of hydrogen-bond donors (Lipinski definition) is 0. The lowest BCUT2D eigenvalue weighted by Gasteiger charge is -2.22. The van der Waals surface area contributed by atoms with Gasteiger partial charge in [-0.15, -0.1) is 4.80 Å². The molecule has 3 heterocycles. The minimum absolute atomic E-state index is 0.0635. The highest BCUT2D eigenvalue weighted by molar-refractivity contribution is 7.21. The van der Waals surface area contributed by atoms with Crippen molar-refractivity contribution in [3.05, 3.63) is 68.4 Å². The zero-order valence-electron chi connectivity index (χ0n) is 23.0. The lowest BCUT2D eigenvalue weighted by atomic mass is 10.1. The first kappa shape index (κ1) is 29.3. The van der Waals surface area contributed by atoms with E-state index in [-0.39, 0.29) is 49.8 Å². The third-order valence-corrected chi connectivity index (χ3v) is 7.61. The van der Waals surface area contributed by atoms with Gasteiger partial charge in [0.25, 0.3) is 5.56 Å². The fraction of sp³-hybridized carbons (Fsp3) is 0.444. The summed E-state index contributed by atoms with van der Waals surface area (Å²) in [7, 11) is 2.98. The van der Waals surface area contributed by atoms with E-state index in [4.69, 9.17) is 14.2 Å². The molecule has 40 heavy (non-hydrogen) atoms. The average molecular weight is 574 g/mol. The Labute approximate surface area is 233 Å². The van der Waals surface area contributed by atoms with Crippen molar-refractivity contribution in [1.82, 2.24) is 24.1 Å². The van der Waals surface area contributed by atoms with Crippen LogP contribution in [0, 0.1) is 18.7 Å². The van der Waals surface area contributed by atoms with Crippen LogP contribution in [0.4, 0.5) is 4.39 Å². The van der Waals surface area contributed by atoms with Crippen LogP contribution in [0.15, 0.2) is 40.2 Å². The number of aromatic nitrogens is 5. The monoisotopic (exact) mass is 573 g/mol. The first-order valence-corrected chi connectivity index (χ1v) is 13.6. The Balaban J connectivity index is 1.94. The Hall–Kier alpha value is -3.68. The number of thiophene rings is 1. The highest BCUT2D eigenvalue weighted by Crippen LogP contribution is 2.33. The zero-order valence-corrected chi connectivity index (χ0v) is 23.9. The van der Waals surface area contributed by atoms with Gasteiger partial charge < -0.3 is 14.2 Å². The van der Waals surface area contributed by atoms with Gasteiger partial charge in [-0.25, -0.2) is 9.18 Å². The van der Waals surface area contributed by atoms with Crippen molar-refractivity contribution in [2.75, 3.05) is 27.4 Å². The summed E-state index contributed by atoms with van der Waals surface area (Å²) in [5.41, 5.74) is -0.290. The van der Waals surface area contributed by atoms with E-state index in [2.05, 4.69) is 10.2 Å². The number of aryl methyl sites for hydroxylation is 1. The maximum atomic E-state index is 14.4. The number of Topliss-reactive ketones (excluding diaryl/α,β-unsaturated/α-hetero) is 1. The molecule has 0 aliphatic heterocycles. The molecular weight excluding hydrogens is 541 g/mol. The molecule has 214 valence electrons. The van der Waals surface area contributed by atoms with Crippen LogP contribution < -0.4 is 16.0 Å². The van der Waals surface area contributed by atoms with Crippen molar-refractivity contribution < 1.29 is 23.4 Å². The van der Waals surface area contributed by atoms with E-state index in [1.807, 2.05) is 13.8 Å². The largest absolute Gasteiger partial charge is 0.496 e. The summed E-state index contributed by atoms with van der Waals surface area (Å²) in [4.78, 5) is 42.1. The van der Waals surface area contributed by atoms with Gasteiger partial charge in [-0.3, -0.25) is 18.7 Å². The standard InChI is InChI=1S/C27H32FN5O6S/c1-16(2)12-19(34)14-31-24(35)23-17(3)25(33-29-8-9-30-33)40-26(23)32(27(31)36)15-22(39-11-10-37-4)20-13-18(28)6-7-21(20)38-5/h6-9,13,16,22H,10-12,14-15H2,1-5H3/t22-/m0/s1. The minimum atomic E-state index is -0.854. The van der Waals surface area contributed by atoms with Crippen LogP contribution in [0.3, 0.4) is 0 Å². The van der Waals surface area contributed by atoms with Gasteiger partial charge in [0.05, 0.1) is 51.2 Å². The molecule has 4 rings (SSSR count). The molecule has 0 radical (unpaired) electrons. The number of benzene rings is 1. The Morgan fingerprint density at radius 1 is 1.10 bits per heavy atom. The van der Waals surface area contributed by atoms with Crippen molar-refractivity contribution in [2.24, 2.45) is 5.92 Å². The molecule has 0 saturated carbocycles. The van der Waals surface area contributed by atoms with Crippen LogP contribution >= 0.6 is 11.3 Å². The average Bonchev–Trinajstić information content (AvgIpc) is 3.56. The molecule has 0 N–H and O–H groups in total. The van der Waals surface area contributed by atoms with Crippen molar-refractivity contribution >= 4 is 27.3 Å². The van der Waals surface area contributed by atoms with Crippen LogP contribution in [0.2, 0.25) is 0 Å². The highest BCUT2D eigenvalue weighted by Gasteiger charge is 2.26. The predicted molar refractivity (Wildman–Crippen MR) is 148 cm³/mol. The number of hydrogen-bond acceptors (Lipinski definition) is 9. The second-order valence-electron chi connectivity index (χ2n) is 9.69. The fourth-order valence-corrected chi connectivity index (χ4v) is 5.75. The van der Waals surface area contributed by atoms with Crippen molar-refractivity contribution in [3.8, 4) is 10.8 Å². The molecule has 0 spiro atoms. The molecule has 0 bridgehead atoms. The summed E-state index contributed by atoms with van der Waals surface area (Å²) < 4.78 is 33.4. The number of nitrogens with zero attached hydrogens (tertiary/aromatic N) is 5. The number of fused-ring (bicyclic) bond motifs is 1. The third-order valence-electron chi connectivity index (χ3n) is 6.33. The van der Waals surface area contributed by atoms with Gasteiger partial charge in [0.2, 0.25) is 0 Å². The summed E-state index contributed by atoms with van der Waals surface area (Å²) in [6, 6.07) is 4.04. The van der Waals surface area contributed by atoms with E-state index in [9.17, 15) is 18.8 Å². The Kier molecular flexibility index (Phi) is 9.28. The van der Waals surface area contributed by atoms with Crippen LogP contribution in [0.1, 0.15) is 37.5 Å². The van der Waals surface area contributed by atoms with Crippen LogP contribution in [-0.2, 0) is 27.4 Å². The summed E-state index contributed by atoms with van der Waals surface area (Å²) in [5, 5.41) is 9.20. The molecule has 0 saturated heterocycles. The number of halogens is 1. The Morgan fingerprint density at radius 2 is 1.82 bits per heavy atom. The van der Waals surface area contributed by atoms with Gasteiger partial charge in [0.1, 0.15) is 27.5 Å². The molecule has 1 aromatic carbocycles. The number of carbonyl (C=O) groups excluding carboxylic acids is 1. The molecule has 0 aliphatic carbocycles. The molecule has 0 unspecified atom stereocenters. The molecule has 0 amide bonds. The van der Waals surface area contributed by atoms with Gasteiger partial charge in [0, 0.05) is 24.7 Å². The van der Waals surface area contributed by atoms with Crippen LogP contribution in [0.25, 0.3) is 15.2 Å². The Bertz CT molecular complexity index is 1610. The van der Waals surface area contributed by atoms with Crippen LogP contribution in [0.5, 0.6) is 5.75 Å². The molecule has 1 atom stereocenters. The fourth-order valence-electron chi connectivity index (χ4n) is 4.53. The van der Waals surface area contributed by atoms with Gasteiger partial charge in [-0.1, -0.05) is 25.2 Å². The van der Waals surface area contributed by atoms with E-state index in [0.717, 1.165) is 4.57 Å². The summed E-state index contributed by atoms with van der Waals surface area (Å²) in [6.07, 6.45) is 2.39. The molecule has 0 aliphatic rings. The maximum Gasteiger partial charge on any atom is 0.332 e. The first-order valence-electron chi connectivity index (χ1n) is 12.7. The van der Waals surface area contributed by atoms with E-state index in [1.165, 1.54) is 65.5 Å². The molecule has 4 aromatic rings. The van der Waals surface area contributed by atoms with E-state index < -0.39 is 23.2 Å². The van der Waals surface area contributed by atoms with Gasteiger partial charge >= 0.3 is 5.69 Å². The number of rotatable bonds is 13. The minimum Gasteiger partial charge on any atom is -0.496 e. The van der Waals surface area contributed by atoms with Crippen molar-refractivity contribution in [2.45, 2.75) is 46.4 Å². The maximum absolute atomic E-state index is 14.4. The van der Waals surface area contributed by atoms with Crippen molar-refractivity contribution in [1.29, 1.82) is 0 Å². The van der Waals surface area contributed by atoms with E-state index >= 15 is 0 Å². The zero-order chi connectivity index (χ0) is 29.0. The lowest BCUT2D eigenvalue weighted by Crippen LogP contribution is -2.42. The summed E-state index contributed by atoms with van der Waals surface area (Å²) in [6.45, 7) is 5.48. The molecule has 11 nitrogen and oxygen atoms in total. The third kappa shape index (κ3) is 6.06. The van der Waals surface area contributed by atoms with Crippen LogP contribution in [-0.4, -0.2) is 57.3 Å². The first-order chi connectivity index (χ1) is 19.2. The predicted octanol–water partition coefficient (Wildman–Crippen LogP) is 3.28. The van der Waals surface area contributed by atoms with E-state index in [1.54, 1.807) is 6.92 Å². The molecule has 13 heteroatoms. The second kappa shape index (κ2) is 12.7. The number of ether oxygens (including phenoxy) is 3. The number of methoxy groups -OCH3 is 2. The topological polar surface area (TPSA) is 119 Å². The molecule has 3 aromatic heterocycles. The highest BCUT2D eigenvalue weighted by atomic mass is 32.1. The van der Waals surface area contributed by atoms with Gasteiger partial charge in [-0.2, -0.15) is 10.2 Å². The molecular formula is C27H32FN5O6S. The second-order valence-corrected chi connectivity index (χ2v) is 10.7. The van der Waals surface area contributed by atoms with Gasteiger partial charge in [0.15, 0.2) is 5.78 Å². The SMILES string of the molecule is COCCO[C@@H](Cn1c(=O)n(CC(=O)CC(C)C)c(=O)c2c(C)c(-n3nccn3)sc21)c1cc(F)ccc1OC. The van der Waals surface area contributed by atoms with Gasteiger partial charge in [-0.05, 0) is 31.0 Å². The smallest absolute Gasteiger partial charge is 0.332 e. The normalized spacial score (nSPS) is 12.4. The summed E-state index contributed by atoms with van der Waals surface area (Å²) in [5.74, 6) is -0.301. The number of carbonyl (C=O) groups is 1. The number of ketones is 1. The summed E-state index contributed by atoms with van der Waals surface area (Å²) >= 11 is 1.17. The Morgan fingerprint density at radius 3 is 2.48 bits per heavy atom. The quantitative estimate of drug-likeness (QED) is 0.224. The molecule has 0 fully saturated rings. The van der Waals surface area contributed by atoms with E-state index in [0.29, 0.717) is 26.7 Å². The van der Waals surface area contributed by atoms with Crippen molar-refractivity contribution in [3.63, 3.8) is 0 Å².